The van der Waals surface area contributed by atoms with Crippen LogP contribution in [0.5, 0.6) is 0 Å². The van der Waals surface area contributed by atoms with Crippen molar-refractivity contribution in [2.45, 2.75) is 40.3 Å². The number of hydrogen-bond acceptors (Lipinski definition) is 2. The Morgan fingerprint density at radius 1 is 1.56 bits per heavy atom. The first-order chi connectivity index (χ1) is 7.63. The number of nitrogens with one attached hydrogen (secondary N) is 1. The number of aryl methyl sites for hydroxylation is 2. The van der Waals surface area contributed by atoms with Gasteiger partial charge in [-0.05, 0) is 25.8 Å². The Kier molecular flexibility index (Phi) is 5.26. The third-order valence-corrected chi connectivity index (χ3v) is 2.48. The molecule has 90 valence electrons. The highest BCUT2D eigenvalue weighted by molar-refractivity contribution is 5.15. The molecule has 0 atom stereocenters. The molecule has 0 aliphatic rings. The van der Waals surface area contributed by atoms with Crippen molar-refractivity contribution in [3.05, 3.63) is 30.1 Å². The summed E-state index contributed by atoms with van der Waals surface area (Å²) in [6, 6.07) is 0. The molecule has 0 radical (unpaired) electrons. The molecule has 0 aromatic carbocycles. The van der Waals surface area contributed by atoms with Crippen LogP contribution in [-0.2, 0) is 13.1 Å². The Bertz CT molecular complexity index is 326. The molecule has 0 amide bonds. The van der Waals surface area contributed by atoms with Gasteiger partial charge in [0.1, 0.15) is 0 Å². The molecule has 0 unspecified atom stereocenters. The fourth-order valence-corrected chi connectivity index (χ4v) is 1.57. The van der Waals surface area contributed by atoms with Gasteiger partial charge < -0.3 is 5.32 Å². The fourth-order valence-electron chi connectivity index (χ4n) is 1.57. The van der Waals surface area contributed by atoms with Crippen LogP contribution in [0.1, 0.15) is 31.5 Å². The molecule has 0 saturated heterocycles. The van der Waals surface area contributed by atoms with Gasteiger partial charge in [0.05, 0.1) is 5.69 Å². The SMILES string of the molecule is C=CCCn1cc(CNCC(C)C)c(C)n1. The van der Waals surface area contributed by atoms with E-state index >= 15 is 0 Å². The summed E-state index contributed by atoms with van der Waals surface area (Å²) in [5.74, 6) is 0.691. The van der Waals surface area contributed by atoms with E-state index in [2.05, 4.69) is 44.0 Å². The highest BCUT2D eigenvalue weighted by Gasteiger charge is 2.04. The molecular formula is C13H23N3. The maximum absolute atomic E-state index is 4.47. The molecule has 1 N–H and O–H groups in total. The summed E-state index contributed by atoms with van der Waals surface area (Å²) < 4.78 is 2.00. The molecule has 3 nitrogen and oxygen atoms in total. The molecule has 3 heteroatoms. The minimum Gasteiger partial charge on any atom is -0.312 e. The van der Waals surface area contributed by atoms with Crippen molar-refractivity contribution < 1.29 is 0 Å². The minimum atomic E-state index is 0.691. The smallest absolute Gasteiger partial charge is 0.0638 e. The molecule has 0 aliphatic carbocycles. The lowest BCUT2D eigenvalue weighted by Crippen LogP contribution is -2.19. The third-order valence-electron chi connectivity index (χ3n) is 2.48. The van der Waals surface area contributed by atoms with Crippen LogP contribution in [0.25, 0.3) is 0 Å². The first-order valence-electron chi connectivity index (χ1n) is 5.98. The standard InChI is InChI=1S/C13H23N3/c1-5-6-7-16-10-13(12(4)15-16)9-14-8-11(2)3/h5,10-11,14H,1,6-9H2,2-4H3. The van der Waals surface area contributed by atoms with Gasteiger partial charge in [-0.25, -0.2) is 0 Å². The number of nitrogens with zero attached hydrogens (tertiary/aromatic N) is 2. The average molecular weight is 221 g/mol. The predicted molar refractivity (Wildman–Crippen MR) is 68.3 cm³/mol. The Morgan fingerprint density at radius 2 is 2.31 bits per heavy atom. The van der Waals surface area contributed by atoms with Crippen molar-refractivity contribution in [2.24, 2.45) is 5.92 Å². The monoisotopic (exact) mass is 221 g/mol. The van der Waals surface area contributed by atoms with Gasteiger partial charge in [0.25, 0.3) is 0 Å². The Hall–Kier alpha value is -1.09. The van der Waals surface area contributed by atoms with Crippen LogP contribution in [0, 0.1) is 12.8 Å². The topological polar surface area (TPSA) is 29.9 Å². The van der Waals surface area contributed by atoms with Crippen LogP contribution < -0.4 is 5.32 Å². The molecule has 16 heavy (non-hydrogen) atoms. The van der Waals surface area contributed by atoms with E-state index in [9.17, 15) is 0 Å². The molecule has 0 aliphatic heterocycles. The van der Waals surface area contributed by atoms with Crippen molar-refractivity contribution in [2.75, 3.05) is 6.54 Å². The summed E-state index contributed by atoms with van der Waals surface area (Å²) in [4.78, 5) is 0. The van der Waals surface area contributed by atoms with Crippen LogP contribution >= 0.6 is 0 Å². The molecule has 1 rings (SSSR count). The van der Waals surface area contributed by atoms with Crippen LogP contribution in [-0.4, -0.2) is 16.3 Å². The molecule has 0 bridgehead atoms. The number of allylic oxidation sites excluding steroid dienone is 1. The fraction of sp³-hybridized carbons (Fsp3) is 0.615. The summed E-state index contributed by atoms with van der Waals surface area (Å²) in [6.45, 7) is 13.1. The van der Waals surface area contributed by atoms with Gasteiger partial charge in [-0.1, -0.05) is 19.9 Å². The average Bonchev–Trinajstić information content (AvgIpc) is 2.56. The first-order valence-corrected chi connectivity index (χ1v) is 5.98. The summed E-state index contributed by atoms with van der Waals surface area (Å²) in [5, 5.41) is 7.91. The maximum Gasteiger partial charge on any atom is 0.0638 e. The van der Waals surface area contributed by atoms with Crippen molar-refractivity contribution in [1.82, 2.24) is 15.1 Å². The summed E-state index contributed by atoms with van der Waals surface area (Å²) in [5.41, 5.74) is 2.42. The van der Waals surface area contributed by atoms with E-state index in [1.165, 1.54) is 5.56 Å². The summed E-state index contributed by atoms with van der Waals surface area (Å²) >= 11 is 0. The van der Waals surface area contributed by atoms with Crippen molar-refractivity contribution in [3.8, 4) is 0 Å². The van der Waals surface area contributed by atoms with Gasteiger partial charge in [0.15, 0.2) is 0 Å². The highest BCUT2D eigenvalue weighted by atomic mass is 15.3. The van der Waals surface area contributed by atoms with Gasteiger partial charge in [0, 0.05) is 24.8 Å². The zero-order valence-corrected chi connectivity index (χ0v) is 10.7. The van der Waals surface area contributed by atoms with Crippen molar-refractivity contribution in [3.63, 3.8) is 0 Å². The van der Waals surface area contributed by atoms with Crippen LogP contribution in [0.15, 0.2) is 18.9 Å². The Balaban J connectivity index is 2.46. The summed E-state index contributed by atoms with van der Waals surface area (Å²) in [7, 11) is 0. The summed E-state index contributed by atoms with van der Waals surface area (Å²) in [6.07, 6.45) is 5.03. The lowest BCUT2D eigenvalue weighted by Gasteiger charge is -2.05. The van der Waals surface area contributed by atoms with Gasteiger partial charge in [-0.2, -0.15) is 5.10 Å². The van der Waals surface area contributed by atoms with Crippen LogP contribution in [0.2, 0.25) is 0 Å². The zero-order chi connectivity index (χ0) is 12.0. The van der Waals surface area contributed by atoms with Gasteiger partial charge in [0.2, 0.25) is 0 Å². The molecule has 1 aromatic rings. The third kappa shape index (κ3) is 4.19. The number of rotatable bonds is 7. The molecular weight excluding hydrogens is 198 g/mol. The van der Waals surface area contributed by atoms with E-state index in [0.717, 1.165) is 31.7 Å². The first kappa shape index (κ1) is 13.0. The van der Waals surface area contributed by atoms with Crippen LogP contribution in [0.3, 0.4) is 0 Å². The van der Waals surface area contributed by atoms with E-state index in [1.807, 2.05) is 10.8 Å². The van der Waals surface area contributed by atoms with Gasteiger partial charge in [-0.3, -0.25) is 4.68 Å². The molecule has 1 heterocycles. The molecule has 1 aromatic heterocycles. The van der Waals surface area contributed by atoms with Gasteiger partial charge >= 0.3 is 0 Å². The Morgan fingerprint density at radius 3 is 2.94 bits per heavy atom. The normalized spacial score (nSPS) is 11.0. The number of aromatic nitrogens is 2. The number of hydrogen-bond donors (Lipinski definition) is 1. The molecule has 0 spiro atoms. The highest BCUT2D eigenvalue weighted by Crippen LogP contribution is 2.06. The van der Waals surface area contributed by atoms with Crippen molar-refractivity contribution in [1.29, 1.82) is 0 Å². The van der Waals surface area contributed by atoms with E-state index in [-0.39, 0.29) is 0 Å². The van der Waals surface area contributed by atoms with Gasteiger partial charge in [-0.15, -0.1) is 6.58 Å². The minimum absolute atomic E-state index is 0.691. The lowest BCUT2D eigenvalue weighted by molar-refractivity contribution is 0.551. The van der Waals surface area contributed by atoms with Crippen LogP contribution in [0.4, 0.5) is 0 Å². The second-order valence-electron chi connectivity index (χ2n) is 4.60. The second kappa shape index (κ2) is 6.48. The van der Waals surface area contributed by atoms with E-state index in [4.69, 9.17) is 0 Å². The lowest BCUT2D eigenvalue weighted by atomic mass is 10.2. The van der Waals surface area contributed by atoms with E-state index in [1.54, 1.807) is 0 Å². The zero-order valence-electron chi connectivity index (χ0n) is 10.7. The Labute approximate surface area is 98.5 Å². The predicted octanol–water partition coefficient (Wildman–Crippen LogP) is 2.51. The maximum atomic E-state index is 4.47. The van der Waals surface area contributed by atoms with E-state index < -0.39 is 0 Å². The second-order valence-corrected chi connectivity index (χ2v) is 4.60. The largest absolute Gasteiger partial charge is 0.312 e. The molecule has 0 fully saturated rings. The van der Waals surface area contributed by atoms with Crippen molar-refractivity contribution >= 4 is 0 Å². The van der Waals surface area contributed by atoms with E-state index in [0.29, 0.717) is 5.92 Å². The quantitative estimate of drug-likeness (QED) is 0.717. The molecule has 0 saturated carbocycles.